The van der Waals surface area contributed by atoms with Gasteiger partial charge in [-0.25, -0.2) is 14.5 Å². The van der Waals surface area contributed by atoms with Gasteiger partial charge in [0, 0.05) is 0 Å². The zero-order valence-electron chi connectivity index (χ0n) is 15.1. The van der Waals surface area contributed by atoms with Gasteiger partial charge < -0.3 is 20.4 Å². The van der Waals surface area contributed by atoms with E-state index in [-0.39, 0.29) is 5.60 Å². The van der Waals surface area contributed by atoms with Gasteiger partial charge in [-0.3, -0.25) is 5.26 Å². The topological polar surface area (TPSA) is 145 Å². The van der Waals surface area contributed by atoms with Gasteiger partial charge >= 0.3 is 12.3 Å². The third kappa shape index (κ3) is 63.7. The molecule has 5 N–H and O–H groups in total. The number of unbranched alkanes of at least 4 members (excludes halogenated alkanes) is 1. The largest absolute Gasteiger partial charge is 0.503 e. The van der Waals surface area contributed by atoms with Gasteiger partial charge in [0.2, 0.25) is 0 Å². The molecule has 0 aromatic heterocycles. The van der Waals surface area contributed by atoms with Gasteiger partial charge in [0.05, 0.1) is 5.60 Å². The Morgan fingerprint density at radius 1 is 1.00 bits per heavy atom. The Morgan fingerprint density at radius 3 is 1.48 bits per heavy atom. The molecule has 0 saturated carbocycles. The summed E-state index contributed by atoms with van der Waals surface area (Å²) in [5.74, 6) is 0.954. The zero-order chi connectivity index (χ0) is 19.5. The van der Waals surface area contributed by atoms with Crippen molar-refractivity contribution >= 4 is 12.3 Å². The number of carboxylic acid groups (broad SMARTS) is 4. The summed E-state index contributed by atoms with van der Waals surface area (Å²) in [6, 6.07) is 0. The molecule has 23 heavy (non-hydrogen) atoms. The number of hydrogen-bond donors (Lipinski definition) is 5. The first-order chi connectivity index (χ1) is 10.4. The predicted octanol–water partition coefficient (Wildman–Crippen LogP) is 5.33. The lowest BCUT2D eigenvalue weighted by Gasteiger charge is -2.16. The average Bonchev–Trinajstić information content (AvgIpc) is 2.44. The third-order valence-corrected chi connectivity index (χ3v) is 2.85. The van der Waals surface area contributed by atoms with E-state index in [4.69, 9.17) is 35.3 Å². The molecule has 0 saturated heterocycles. The van der Waals surface area contributed by atoms with E-state index in [1.54, 1.807) is 0 Å². The highest BCUT2D eigenvalue weighted by atomic mass is 17.1. The van der Waals surface area contributed by atoms with Crippen LogP contribution in [0.25, 0.3) is 0 Å². The molecule has 0 rings (SSSR count). The van der Waals surface area contributed by atoms with Crippen LogP contribution >= 0.6 is 0 Å². The Hall–Kier alpha value is -1.54. The van der Waals surface area contributed by atoms with E-state index in [9.17, 15) is 0 Å². The van der Waals surface area contributed by atoms with Crippen molar-refractivity contribution in [1.82, 2.24) is 0 Å². The summed E-state index contributed by atoms with van der Waals surface area (Å²) < 4.78 is 0. The standard InChI is InChI=1S/C8H18.C5H12O2.2CH2O3/c1-4-6-7-8(3)5-2;1-4-5(2,3)7-6;2*2-1(3)4/h8H,4-7H2,1-3H3;6H,4H2,1-3H3;2*(H2,2,3,4). The van der Waals surface area contributed by atoms with Crippen LogP contribution in [0.2, 0.25) is 0 Å². The molecule has 8 nitrogen and oxygen atoms in total. The number of hydrogen-bond acceptors (Lipinski definition) is 4. The van der Waals surface area contributed by atoms with Crippen molar-refractivity contribution in [1.29, 1.82) is 0 Å². The highest BCUT2D eigenvalue weighted by molar-refractivity contribution is 5.53. The summed E-state index contributed by atoms with van der Waals surface area (Å²) in [7, 11) is 0. The lowest BCUT2D eigenvalue weighted by molar-refractivity contribution is -0.313. The highest BCUT2D eigenvalue weighted by Crippen LogP contribution is 2.10. The number of rotatable bonds is 6. The molecule has 0 heterocycles. The van der Waals surface area contributed by atoms with Crippen molar-refractivity contribution < 1.29 is 40.2 Å². The second-order valence-electron chi connectivity index (χ2n) is 5.43. The van der Waals surface area contributed by atoms with Crippen LogP contribution in [0.4, 0.5) is 9.59 Å². The molecule has 8 heteroatoms. The molecule has 0 bridgehead atoms. The maximum atomic E-state index is 8.56. The first-order valence-corrected chi connectivity index (χ1v) is 7.56. The Morgan fingerprint density at radius 2 is 1.35 bits per heavy atom. The summed E-state index contributed by atoms with van der Waals surface area (Å²) in [5.41, 5.74) is -0.361. The molecule has 0 amide bonds. The Kier molecular flexibility index (Phi) is 26.2. The Bertz CT molecular complexity index is 240. The molecule has 0 aliphatic rings. The van der Waals surface area contributed by atoms with Crippen LogP contribution in [0.1, 0.15) is 73.6 Å². The fourth-order valence-electron chi connectivity index (χ4n) is 0.821. The van der Waals surface area contributed by atoms with Gasteiger partial charge in [-0.05, 0) is 26.2 Å². The zero-order valence-corrected chi connectivity index (χ0v) is 15.1. The van der Waals surface area contributed by atoms with Crippen LogP contribution in [0.3, 0.4) is 0 Å². The van der Waals surface area contributed by atoms with Gasteiger partial charge in [-0.1, -0.05) is 53.4 Å². The van der Waals surface area contributed by atoms with Gasteiger partial charge in [-0.2, -0.15) is 0 Å². The number of carbonyl (C=O) groups is 2. The van der Waals surface area contributed by atoms with Crippen LogP contribution in [-0.4, -0.2) is 43.6 Å². The van der Waals surface area contributed by atoms with E-state index in [0.717, 1.165) is 12.3 Å². The van der Waals surface area contributed by atoms with E-state index in [1.807, 2.05) is 20.8 Å². The molecule has 0 aromatic carbocycles. The van der Waals surface area contributed by atoms with Crippen molar-refractivity contribution in [3.05, 3.63) is 0 Å². The molecule has 1 atom stereocenters. The van der Waals surface area contributed by atoms with Crippen molar-refractivity contribution in [2.24, 2.45) is 5.92 Å². The minimum Gasteiger partial charge on any atom is -0.450 e. The fourth-order valence-corrected chi connectivity index (χ4v) is 0.821. The van der Waals surface area contributed by atoms with Crippen molar-refractivity contribution in [3.8, 4) is 0 Å². The lowest BCUT2D eigenvalue weighted by atomic mass is 10.0. The quantitative estimate of drug-likeness (QED) is 0.321. The van der Waals surface area contributed by atoms with Crippen molar-refractivity contribution in [3.63, 3.8) is 0 Å². The molecule has 0 radical (unpaired) electrons. The highest BCUT2D eigenvalue weighted by Gasteiger charge is 2.13. The average molecular weight is 342 g/mol. The van der Waals surface area contributed by atoms with Crippen molar-refractivity contribution in [2.75, 3.05) is 0 Å². The summed E-state index contributed by atoms with van der Waals surface area (Å²) in [5, 5.41) is 36.0. The van der Waals surface area contributed by atoms with Gasteiger partial charge in [0.25, 0.3) is 0 Å². The normalized spacial score (nSPS) is 10.6. The van der Waals surface area contributed by atoms with Gasteiger partial charge in [-0.15, -0.1) is 0 Å². The summed E-state index contributed by atoms with van der Waals surface area (Å²) in [6.45, 7) is 12.5. The van der Waals surface area contributed by atoms with Gasteiger partial charge in [0.15, 0.2) is 0 Å². The van der Waals surface area contributed by atoms with E-state index >= 15 is 0 Å². The minimum atomic E-state index is -1.83. The lowest BCUT2D eigenvalue weighted by Crippen LogP contribution is -2.20. The molecular weight excluding hydrogens is 308 g/mol. The molecule has 142 valence electrons. The Labute approximate surface area is 138 Å². The summed E-state index contributed by atoms with van der Waals surface area (Å²) in [6.07, 6.45) is 2.69. The second-order valence-corrected chi connectivity index (χ2v) is 5.43. The maximum absolute atomic E-state index is 8.56. The molecule has 0 aliphatic heterocycles. The van der Waals surface area contributed by atoms with E-state index in [0.29, 0.717) is 0 Å². The monoisotopic (exact) mass is 342 g/mol. The fraction of sp³-hybridized carbons (Fsp3) is 0.867. The van der Waals surface area contributed by atoms with Gasteiger partial charge in [0.1, 0.15) is 0 Å². The van der Waals surface area contributed by atoms with E-state index in [2.05, 4.69) is 25.7 Å². The molecule has 0 fully saturated rings. The first kappa shape index (κ1) is 29.5. The molecular formula is C15H34O8. The SMILES string of the molecule is CCC(C)(C)OO.CCCCC(C)CC.O=C(O)O.O=C(O)O. The maximum Gasteiger partial charge on any atom is 0.503 e. The third-order valence-electron chi connectivity index (χ3n) is 2.85. The van der Waals surface area contributed by atoms with Crippen LogP contribution in [0.15, 0.2) is 0 Å². The summed E-state index contributed by atoms with van der Waals surface area (Å²) in [4.78, 5) is 21.2. The van der Waals surface area contributed by atoms with Crippen LogP contribution in [-0.2, 0) is 4.89 Å². The van der Waals surface area contributed by atoms with E-state index < -0.39 is 12.3 Å². The first-order valence-electron chi connectivity index (χ1n) is 7.56. The van der Waals surface area contributed by atoms with Crippen LogP contribution < -0.4 is 0 Å². The smallest absolute Gasteiger partial charge is 0.450 e. The van der Waals surface area contributed by atoms with Crippen molar-refractivity contribution in [2.45, 2.75) is 79.2 Å². The van der Waals surface area contributed by atoms with E-state index in [1.165, 1.54) is 25.7 Å². The predicted molar refractivity (Wildman–Crippen MR) is 88.4 cm³/mol. The Balaban J connectivity index is -0.000000110. The minimum absolute atomic E-state index is 0.361. The molecule has 0 aliphatic carbocycles. The second kappa shape index (κ2) is 20.5. The van der Waals surface area contributed by atoms with Crippen LogP contribution in [0, 0.1) is 5.92 Å². The summed E-state index contributed by atoms with van der Waals surface area (Å²) >= 11 is 0. The molecule has 1 unspecified atom stereocenters. The molecule has 0 spiro atoms. The van der Waals surface area contributed by atoms with Crippen LogP contribution in [0.5, 0.6) is 0 Å². The molecule has 0 aromatic rings.